The Morgan fingerprint density at radius 1 is 0.857 bits per heavy atom. The van der Waals surface area contributed by atoms with Crippen molar-refractivity contribution in [3.05, 3.63) is 0 Å². The first-order chi connectivity index (χ1) is 6.68. The van der Waals surface area contributed by atoms with Crippen molar-refractivity contribution in [3.8, 4) is 0 Å². The lowest BCUT2D eigenvalue weighted by Crippen LogP contribution is -2.13. The smallest absolute Gasteiger partial charge is 0.00248 e. The molecule has 88 valence electrons. The Bertz CT molecular complexity index is 84.6. The Morgan fingerprint density at radius 3 is 1.79 bits per heavy atom. The molecule has 2 N–H and O–H groups in total. The summed E-state index contributed by atoms with van der Waals surface area (Å²) in [4.78, 5) is 2.25. The van der Waals surface area contributed by atoms with Crippen LogP contribution >= 0.6 is 0 Å². The molecule has 0 aliphatic heterocycles. The lowest BCUT2D eigenvalue weighted by Gasteiger charge is -2.08. The molecule has 0 unspecified atom stereocenters. The molecule has 0 spiro atoms. The number of rotatable bonds is 7. The van der Waals surface area contributed by atoms with Gasteiger partial charge < -0.3 is 15.5 Å². The van der Waals surface area contributed by atoms with Crippen LogP contribution in [0, 0.1) is 0 Å². The molecule has 0 atom stereocenters. The summed E-state index contributed by atoms with van der Waals surface area (Å²) < 4.78 is 0. The third-order valence-corrected chi connectivity index (χ3v) is 1.78. The van der Waals surface area contributed by atoms with E-state index in [2.05, 4.69) is 29.6 Å². The summed E-state index contributed by atoms with van der Waals surface area (Å²) in [5, 5.41) is 5.91. The highest BCUT2D eigenvalue weighted by Gasteiger charge is 1.90. The molecule has 14 heavy (non-hydrogen) atoms. The fraction of sp³-hybridized carbons (Fsp3) is 1.00. The Balaban J connectivity index is 0. The first-order valence-corrected chi connectivity index (χ1v) is 5.56. The largest absolute Gasteiger partial charge is 0.323 e. The minimum atomic E-state index is 1.17. The maximum absolute atomic E-state index is 3.16. The SMILES string of the molecule is CNC.CNCCCCCCN(C)C. The average Bonchev–Trinajstić information content (AvgIpc) is 2.12. The highest BCUT2D eigenvalue weighted by Crippen LogP contribution is 1.98. The van der Waals surface area contributed by atoms with Crippen LogP contribution in [0.4, 0.5) is 0 Å². The van der Waals surface area contributed by atoms with Gasteiger partial charge in [0, 0.05) is 0 Å². The molecule has 0 aromatic rings. The monoisotopic (exact) mass is 203 g/mol. The second-order valence-corrected chi connectivity index (χ2v) is 3.82. The predicted octanol–water partition coefficient (Wildman–Crippen LogP) is 1.16. The Kier molecular flexibility index (Phi) is 17.9. The highest BCUT2D eigenvalue weighted by atomic mass is 15.0. The van der Waals surface area contributed by atoms with E-state index in [0.29, 0.717) is 0 Å². The molecule has 0 aromatic carbocycles. The Morgan fingerprint density at radius 2 is 1.36 bits per heavy atom. The second-order valence-electron chi connectivity index (χ2n) is 3.82. The van der Waals surface area contributed by atoms with Crippen LogP contribution in [0.15, 0.2) is 0 Å². The summed E-state index contributed by atoms with van der Waals surface area (Å²) in [6.07, 6.45) is 5.41. The third kappa shape index (κ3) is 22.6. The quantitative estimate of drug-likeness (QED) is 0.608. The first kappa shape index (κ1) is 16.3. The minimum absolute atomic E-state index is 1.17. The van der Waals surface area contributed by atoms with Gasteiger partial charge in [0.05, 0.1) is 0 Å². The zero-order valence-electron chi connectivity index (χ0n) is 10.7. The van der Waals surface area contributed by atoms with Crippen molar-refractivity contribution >= 4 is 0 Å². The number of hydrogen-bond acceptors (Lipinski definition) is 3. The van der Waals surface area contributed by atoms with E-state index in [1.54, 1.807) is 0 Å². The number of unbranched alkanes of at least 4 members (excludes halogenated alkanes) is 3. The van der Waals surface area contributed by atoms with Crippen molar-refractivity contribution < 1.29 is 0 Å². The van der Waals surface area contributed by atoms with Crippen molar-refractivity contribution in [2.45, 2.75) is 25.7 Å². The van der Waals surface area contributed by atoms with Gasteiger partial charge >= 0.3 is 0 Å². The molecule has 0 aliphatic carbocycles. The molecule has 0 radical (unpaired) electrons. The molecule has 0 rings (SSSR count). The second kappa shape index (κ2) is 15.4. The van der Waals surface area contributed by atoms with Crippen molar-refractivity contribution in [2.24, 2.45) is 0 Å². The van der Waals surface area contributed by atoms with Crippen LogP contribution in [0.25, 0.3) is 0 Å². The minimum Gasteiger partial charge on any atom is -0.323 e. The number of nitrogens with one attached hydrogen (secondary N) is 2. The summed E-state index contributed by atoms with van der Waals surface area (Å²) in [6, 6.07) is 0. The molecule has 0 saturated carbocycles. The van der Waals surface area contributed by atoms with E-state index in [0.717, 1.165) is 0 Å². The fourth-order valence-corrected chi connectivity index (χ4v) is 1.08. The maximum atomic E-state index is 3.16. The van der Waals surface area contributed by atoms with Crippen molar-refractivity contribution in [3.63, 3.8) is 0 Å². The van der Waals surface area contributed by atoms with E-state index in [1.165, 1.54) is 38.8 Å². The van der Waals surface area contributed by atoms with Gasteiger partial charge in [0.2, 0.25) is 0 Å². The van der Waals surface area contributed by atoms with Gasteiger partial charge in [-0.3, -0.25) is 0 Å². The molecule has 0 saturated heterocycles. The van der Waals surface area contributed by atoms with E-state index in [1.807, 2.05) is 21.1 Å². The molecule has 3 heteroatoms. The lowest BCUT2D eigenvalue weighted by atomic mass is 10.2. The van der Waals surface area contributed by atoms with E-state index in [9.17, 15) is 0 Å². The highest BCUT2D eigenvalue weighted by molar-refractivity contribution is 4.47. The van der Waals surface area contributed by atoms with E-state index in [-0.39, 0.29) is 0 Å². The van der Waals surface area contributed by atoms with Crippen LogP contribution < -0.4 is 10.6 Å². The van der Waals surface area contributed by atoms with Crippen LogP contribution in [-0.4, -0.2) is 53.2 Å². The van der Waals surface area contributed by atoms with Crippen molar-refractivity contribution in [1.82, 2.24) is 15.5 Å². The molecule has 0 bridgehead atoms. The van der Waals surface area contributed by atoms with E-state index >= 15 is 0 Å². The van der Waals surface area contributed by atoms with Gasteiger partial charge in [0.25, 0.3) is 0 Å². The maximum Gasteiger partial charge on any atom is -0.00248 e. The molecule has 0 aliphatic rings. The summed E-state index contributed by atoms with van der Waals surface area (Å²) in [7, 11) is 10.0. The zero-order chi connectivity index (χ0) is 11.2. The van der Waals surface area contributed by atoms with Gasteiger partial charge in [-0.15, -0.1) is 0 Å². The van der Waals surface area contributed by atoms with Crippen LogP contribution in [-0.2, 0) is 0 Å². The van der Waals surface area contributed by atoms with Crippen LogP contribution in [0.1, 0.15) is 25.7 Å². The fourth-order valence-electron chi connectivity index (χ4n) is 1.08. The van der Waals surface area contributed by atoms with Gasteiger partial charge in [-0.1, -0.05) is 12.8 Å². The zero-order valence-corrected chi connectivity index (χ0v) is 10.7. The summed E-state index contributed by atoms with van der Waals surface area (Å²) >= 11 is 0. The Labute approximate surface area is 90.3 Å². The van der Waals surface area contributed by atoms with E-state index < -0.39 is 0 Å². The molecule has 0 heterocycles. The third-order valence-electron chi connectivity index (χ3n) is 1.78. The molecule has 0 amide bonds. The summed E-state index contributed by atoms with van der Waals surface area (Å²) in [5.74, 6) is 0. The molecular weight excluding hydrogens is 174 g/mol. The Hall–Kier alpha value is -0.120. The van der Waals surface area contributed by atoms with Gasteiger partial charge in [-0.25, -0.2) is 0 Å². The van der Waals surface area contributed by atoms with Crippen LogP contribution in [0.3, 0.4) is 0 Å². The number of hydrogen-bond donors (Lipinski definition) is 2. The normalized spacial score (nSPS) is 9.86. The van der Waals surface area contributed by atoms with Gasteiger partial charge in [0.1, 0.15) is 0 Å². The first-order valence-electron chi connectivity index (χ1n) is 5.56. The van der Waals surface area contributed by atoms with Gasteiger partial charge in [0.15, 0.2) is 0 Å². The summed E-state index contributed by atoms with van der Waals surface area (Å²) in [5.41, 5.74) is 0. The number of nitrogens with zero attached hydrogens (tertiary/aromatic N) is 1. The van der Waals surface area contributed by atoms with Gasteiger partial charge in [-0.2, -0.15) is 0 Å². The van der Waals surface area contributed by atoms with Crippen molar-refractivity contribution in [2.75, 3.05) is 48.3 Å². The lowest BCUT2D eigenvalue weighted by molar-refractivity contribution is 0.390. The molecule has 0 fully saturated rings. The predicted molar refractivity (Wildman–Crippen MR) is 65.9 cm³/mol. The van der Waals surface area contributed by atoms with Crippen LogP contribution in [0.2, 0.25) is 0 Å². The summed E-state index contributed by atoms with van der Waals surface area (Å²) in [6.45, 7) is 2.40. The standard InChI is InChI=1S/C9H22N2.C2H7N/c1-10-8-6-4-5-7-9-11(2)3;1-3-2/h10H,4-9H2,1-3H3;3H,1-2H3. The van der Waals surface area contributed by atoms with Gasteiger partial charge in [-0.05, 0) is 61.2 Å². The molecular formula is C11H29N3. The molecule has 0 aromatic heterocycles. The van der Waals surface area contributed by atoms with E-state index in [4.69, 9.17) is 0 Å². The topological polar surface area (TPSA) is 27.3 Å². The van der Waals surface area contributed by atoms with Crippen molar-refractivity contribution in [1.29, 1.82) is 0 Å². The van der Waals surface area contributed by atoms with Crippen LogP contribution in [0.5, 0.6) is 0 Å². The molecule has 3 nitrogen and oxygen atoms in total. The average molecular weight is 203 g/mol.